The number of rotatable bonds is 24. The Hall–Kier alpha value is -4.06. The summed E-state index contributed by atoms with van der Waals surface area (Å²) in [5.41, 5.74) is 1.86. The van der Waals surface area contributed by atoms with Crippen LogP contribution in [-0.2, 0) is 30.3 Å². The molecule has 0 heterocycles. The van der Waals surface area contributed by atoms with Crippen LogP contribution in [-0.4, -0.2) is 67.3 Å². The number of carbonyl (C=O) groups excluding carboxylic acids is 4. The van der Waals surface area contributed by atoms with Crippen molar-refractivity contribution in [2.45, 2.75) is 101 Å². The highest BCUT2D eigenvalue weighted by molar-refractivity contribution is 7.98. The number of unbranched alkanes of at least 4 members (excludes halogenated alkanes) is 7. The van der Waals surface area contributed by atoms with Crippen molar-refractivity contribution in [3.63, 3.8) is 0 Å². The lowest BCUT2D eigenvalue weighted by atomic mass is 10.1. The van der Waals surface area contributed by atoms with Gasteiger partial charge in [-0.2, -0.15) is 0 Å². The molecule has 1 atom stereocenters. The zero-order chi connectivity index (χ0) is 35.1. The molecule has 0 fully saturated rings. The monoisotopic (exact) mass is 685 g/mol. The maximum absolute atomic E-state index is 12.5. The molecular weight excluding hydrogens is 634 g/mol. The summed E-state index contributed by atoms with van der Waals surface area (Å²) in [5, 5.41) is 17.3. The number of thioether (sulfide) groups is 1. The van der Waals surface area contributed by atoms with Gasteiger partial charge in [-0.25, -0.2) is 4.79 Å². The fourth-order valence-corrected chi connectivity index (χ4v) is 5.52. The molecule has 2 rings (SSSR count). The number of aryl methyl sites for hydroxylation is 1. The van der Waals surface area contributed by atoms with Gasteiger partial charge in [0.05, 0.1) is 25.7 Å². The van der Waals surface area contributed by atoms with E-state index >= 15 is 0 Å². The van der Waals surface area contributed by atoms with Gasteiger partial charge >= 0.3 is 11.9 Å². The van der Waals surface area contributed by atoms with Crippen LogP contribution < -0.4 is 20.7 Å². The molecule has 2 aromatic carbocycles. The number of hydrogen-bond acceptors (Lipinski definition) is 8. The summed E-state index contributed by atoms with van der Waals surface area (Å²) in [5.74, 6) is -2.10. The third-order valence-electron chi connectivity index (χ3n) is 7.63. The van der Waals surface area contributed by atoms with E-state index in [-0.39, 0.29) is 25.4 Å². The molecule has 0 aliphatic rings. The first-order chi connectivity index (χ1) is 23.2. The second kappa shape index (κ2) is 23.3. The van der Waals surface area contributed by atoms with Gasteiger partial charge in [-0.1, -0.05) is 64.0 Å². The average Bonchev–Trinajstić information content (AvgIpc) is 3.08. The lowest BCUT2D eigenvalue weighted by Gasteiger charge is -2.17. The van der Waals surface area contributed by atoms with E-state index in [1.807, 2.05) is 18.4 Å². The van der Waals surface area contributed by atoms with Crippen LogP contribution in [0.1, 0.15) is 99.9 Å². The highest BCUT2D eigenvalue weighted by Gasteiger charge is 2.23. The van der Waals surface area contributed by atoms with Gasteiger partial charge < -0.3 is 30.5 Å². The molecule has 4 N–H and O–H groups in total. The Balaban J connectivity index is 1.68. The standard InChI is InChI=1S/C36H51N3O8S/c1-4-5-6-7-8-9-10-11-22-37-35(44)30(25-34(42)43)39-32(40)13-12-23-47-28-18-14-26(15-19-28)16-21-33(41)38-27-17-20-31(48-3)29(24-27)36(45)46-2/h14-15,17-20,24,30H,4-13,16,21-23,25H2,1-3H3,(H,37,44)(H,38,41)(H,39,40)(H,42,43). The van der Waals surface area contributed by atoms with E-state index < -0.39 is 36.2 Å². The number of esters is 1. The van der Waals surface area contributed by atoms with Crippen LogP contribution in [0.25, 0.3) is 0 Å². The van der Waals surface area contributed by atoms with Crippen molar-refractivity contribution < 1.29 is 38.6 Å². The van der Waals surface area contributed by atoms with Crippen molar-refractivity contribution in [1.29, 1.82) is 0 Å². The number of benzene rings is 2. The molecule has 0 aliphatic heterocycles. The zero-order valence-corrected chi connectivity index (χ0v) is 29.3. The van der Waals surface area contributed by atoms with Crippen molar-refractivity contribution in [2.75, 3.05) is 31.8 Å². The number of amides is 3. The van der Waals surface area contributed by atoms with Crippen LogP contribution in [0.2, 0.25) is 0 Å². The number of methoxy groups -OCH3 is 1. The highest BCUT2D eigenvalue weighted by atomic mass is 32.2. The van der Waals surface area contributed by atoms with E-state index in [1.54, 1.807) is 30.3 Å². The van der Waals surface area contributed by atoms with E-state index in [0.717, 1.165) is 29.7 Å². The summed E-state index contributed by atoms with van der Waals surface area (Å²) in [6.45, 7) is 2.89. The van der Waals surface area contributed by atoms with Gasteiger partial charge in [-0.05, 0) is 61.4 Å². The fourth-order valence-electron chi connectivity index (χ4n) is 4.96. The van der Waals surface area contributed by atoms with Gasteiger partial charge in [0.25, 0.3) is 0 Å². The number of nitrogens with one attached hydrogen (secondary N) is 3. The number of anilines is 1. The Morgan fingerprint density at radius 3 is 2.19 bits per heavy atom. The number of carboxylic acids is 1. The fraction of sp³-hybridized carbons (Fsp3) is 0.528. The molecule has 0 aromatic heterocycles. The number of carboxylic acid groups (broad SMARTS) is 1. The van der Waals surface area contributed by atoms with Gasteiger partial charge in [-0.15, -0.1) is 11.8 Å². The van der Waals surface area contributed by atoms with Crippen LogP contribution in [0.15, 0.2) is 47.4 Å². The second-order valence-electron chi connectivity index (χ2n) is 11.5. The molecule has 0 bridgehead atoms. The Labute approximate surface area is 288 Å². The van der Waals surface area contributed by atoms with Gasteiger partial charge in [0.2, 0.25) is 17.7 Å². The minimum atomic E-state index is -1.16. The van der Waals surface area contributed by atoms with Gasteiger partial charge in [0.1, 0.15) is 11.8 Å². The molecule has 3 amide bonds. The van der Waals surface area contributed by atoms with Crippen LogP contribution in [0.5, 0.6) is 5.75 Å². The first kappa shape index (κ1) is 40.1. The third-order valence-corrected chi connectivity index (χ3v) is 8.43. The molecule has 0 aliphatic carbocycles. The minimum Gasteiger partial charge on any atom is -0.494 e. The number of hydrogen-bond donors (Lipinski definition) is 4. The maximum Gasteiger partial charge on any atom is 0.339 e. The average molecular weight is 686 g/mol. The predicted molar refractivity (Wildman–Crippen MR) is 187 cm³/mol. The lowest BCUT2D eigenvalue weighted by molar-refractivity contribution is -0.140. The molecule has 264 valence electrons. The second-order valence-corrected chi connectivity index (χ2v) is 12.4. The molecule has 2 aromatic rings. The van der Waals surface area contributed by atoms with Crippen molar-refractivity contribution in [2.24, 2.45) is 0 Å². The van der Waals surface area contributed by atoms with Gasteiger partial charge in [-0.3, -0.25) is 19.2 Å². The number of carbonyl (C=O) groups is 5. The lowest BCUT2D eigenvalue weighted by Crippen LogP contribution is -2.48. The van der Waals surface area contributed by atoms with Crippen molar-refractivity contribution in [1.82, 2.24) is 10.6 Å². The van der Waals surface area contributed by atoms with Crippen LogP contribution >= 0.6 is 11.8 Å². The molecule has 48 heavy (non-hydrogen) atoms. The van der Waals surface area contributed by atoms with Crippen molar-refractivity contribution in [3.8, 4) is 5.75 Å². The van der Waals surface area contributed by atoms with E-state index in [9.17, 15) is 29.1 Å². The van der Waals surface area contributed by atoms with Crippen LogP contribution in [0, 0.1) is 0 Å². The van der Waals surface area contributed by atoms with Crippen LogP contribution in [0.4, 0.5) is 5.69 Å². The molecule has 1 unspecified atom stereocenters. The summed E-state index contributed by atoms with van der Waals surface area (Å²) >= 11 is 1.42. The topological polar surface area (TPSA) is 160 Å². The molecule has 0 radical (unpaired) electrons. The van der Waals surface area contributed by atoms with Gasteiger partial charge in [0.15, 0.2) is 0 Å². The molecule has 11 nitrogen and oxygen atoms in total. The molecule has 0 spiro atoms. The normalized spacial score (nSPS) is 11.3. The molecular formula is C36H51N3O8S. The maximum atomic E-state index is 12.5. The van der Waals surface area contributed by atoms with E-state index in [0.29, 0.717) is 36.4 Å². The SMILES string of the molecule is CCCCCCCCCCNC(=O)C(CC(=O)O)NC(=O)CCCOc1ccc(CCC(=O)Nc2ccc(SC)c(C(=O)OC)c2)cc1. The number of aliphatic carboxylic acids is 1. The third kappa shape index (κ3) is 16.2. The largest absolute Gasteiger partial charge is 0.494 e. The summed E-state index contributed by atoms with van der Waals surface area (Å²) in [6, 6.07) is 11.3. The van der Waals surface area contributed by atoms with Gasteiger partial charge in [0, 0.05) is 30.0 Å². The van der Waals surface area contributed by atoms with E-state index in [2.05, 4.69) is 22.9 Å². The van der Waals surface area contributed by atoms with E-state index in [1.165, 1.54) is 51.0 Å². The highest BCUT2D eigenvalue weighted by Crippen LogP contribution is 2.25. The number of ether oxygens (including phenoxy) is 2. The molecule has 12 heteroatoms. The van der Waals surface area contributed by atoms with E-state index in [4.69, 9.17) is 9.47 Å². The first-order valence-electron chi connectivity index (χ1n) is 16.7. The smallest absolute Gasteiger partial charge is 0.339 e. The Morgan fingerprint density at radius 2 is 1.54 bits per heavy atom. The summed E-state index contributed by atoms with van der Waals surface area (Å²) in [4.78, 5) is 61.6. The van der Waals surface area contributed by atoms with Crippen molar-refractivity contribution >= 4 is 47.1 Å². The quantitative estimate of drug-likeness (QED) is 0.0578. The summed E-state index contributed by atoms with van der Waals surface area (Å²) in [6.07, 6.45) is 11.6. The zero-order valence-electron chi connectivity index (χ0n) is 28.4. The summed E-state index contributed by atoms with van der Waals surface area (Å²) < 4.78 is 10.6. The first-order valence-corrected chi connectivity index (χ1v) is 18.0. The Bertz CT molecular complexity index is 1320. The summed E-state index contributed by atoms with van der Waals surface area (Å²) in [7, 11) is 1.32. The van der Waals surface area contributed by atoms with Crippen molar-refractivity contribution in [3.05, 3.63) is 53.6 Å². The Kier molecular flexibility index (Phi) is 19.5. The molecule has 0 saturated carbocycles. The van der Waals surface area contributed by atoms with Crippen LogP contribution in [0.3, 0.4) is 0 Å². The minimum absolute atomic E-state index is 0.0791. The molecule has 0 saturated heterocycles. The predicted octanol–water partition coefficient (Wildman–Crippen LogP) is 6.14. The Morgan fingerprint density at radius 1 is 0.854 bits per heavy atom.